The molecule has 4 aromatic heterocycles. The van der Waals surface area contributed by atoms with Gasteiger partial charge < -0.3 is 24.2 Å². The molecule has 0 unspecified atom stereocenters. The summed E-state index contributed by atoms with van der Waals surface area (Å²) >= 11 is 5.89. The van der Waals surface area contributed by atoms with Crippen LogP contribution in [0, 0.1) is 25.6 Å². The quantitative estimate of drug-likeness (QED) is 0.157. The van der Waals surface area contributed by atoms with E-state index in [4.69, 9.17) is 25.8 Å². The van der Waals surface area contributed by atoms with Gasteiger partial charge in [0.2, 0.25) is 0 Å². The molecule has 0 amide bonds. The molecular weight excluding hydrogens is 579 g/mol. The van der Waals surface area contributed by atoms with E-state index in [1.165, 1.54) is 24.8 Å². The second-order valence-electron chi connectivity index (χ2n) is 9.92. The van der Waals surface area contributed by atoms with Crippen molar-refractivity contribution in [2.24, 2.45) is 5.92 Å². The maximum atomic E-state index is 13.8. The van der Waals surface area contributed by atoms with Crippen molar-refractivity contribution < 1.29 is 28.2 Å². The lowest BCUT2D eigenvalue weighted by molar-refractivity contribution is 0.0517. The molecule has 1 fully saturated rings. The summed E-state index contributed by atoms with van der Waals surface area (Å²) in [7, 11) is 0. The number of aromatic amines is 2. The Labute approximate surface area is 251 Å². The molecule has 13 heteroatoms. The van der Waals surface area contributed by atoms with Crippen LogP contribution in [0.4, 0.5) is 4.39 Å². The summed E-state index contributed by atoms with van der Waals surface area (Å²) in [6.45, 7) is 8.22. The zero-order valence-corrected chi connectivity index (χ0v) is 24.8. The Balaban J connectivity index is 0.000000196. The maximum Gasteiger partial charge on any atom is 0.342 e. The van der Waals surface area contributed by atoms with E-state index in [0.717, 1.165) is 12.8 Å². The Hall–Kier alpha value is -4.58. The summed E-state index contributed by atoms with van der Waals surface area (Å²) in [4.78, 5) is 46.7. The third-order valence-electron chi connectivity index (χ3n) is 6.83. The molecule has 0 bridgehead atoms. The highest BCUT2D eigenvalue weighted by atomic mass is 35.5. The number of nitrogens with zero attached hydrogens (tertiary/aromatic N) is 4. The molecule has 1 aromatic carbocycles. The highest BCUT2D eigenvalue weighted by Crippen LogP contribution is 2.37. The van der Waals surface area contributed by atoms with Gasteiger partial charge in [-0.3, -0.25) is 0 Å². The van der Waals surface area contributed by atoms with Gasteiger partial charge in [-0.1, -0.05) is 11.6 Å². The van der Waals surface area contributed by atoms with Crippen LogP contribution < -0.4 is 4.74 Å². The van der Waals surface area contributed by atoms with Crippen LogP contribution in [0.3, 0.4) is 0 Å². The fourth-order valence-electron chi connectivity index (χ4n) is 4.63. The van der Waals surface area contributed by atoms with Crippen LogP contribution in [0.2, 0.25) is 5.15 Å². The van der Waals surface area contributed by atoms with E-state index in [9.17, 15) is 14.0 Å². The van der Waals surface area contributed by atoms with Gasteiger partial charge in [0.1, 0.15) is 57.6 Å². The highest BCUT2D eigenvalue weighted by molar-refractivity contribution is 6.34. The van der Waals surface area contributed by atoms with Crippen molar-refractivity contribution in [1.29, 1.82) is 0 Å². The highest BCUT2D eigenvalue weighted by Gasteiger charge is 2.25. The molecule has 224 valence electrons. The summed E-state index contributed by atoms with van der Waals surface area (Å²) in [5.74, 6) is -0.234. The topological polar surface area (TPSA) is 145 Å². The summed E-state index contributed by atoms with van der Waals surface area (Å²) in [5, 5.41) is 0.295. The normalized spacial score (nSPS) is 12.6. The predicted molar refractivity (Wildman–Crippen MR) is 158 cm³/mol. The molecule has 4 heterocycles. The number of hydrogen-bond donors (Lipinski definition) is 2. The number of halogens is 2. The van der Waals surface area contributed by atoms with Gasteiger partial charge in [-0.05, 0) is 58.6 Å². The first-order chi connectivity index (χ1) is 20.7. The van der Waals surface area contributed by atoms with E-state index in [1.807, 2.05) is 0 Å². The van der Waals surface area contributed by atoms with Crippen molar-refractivity contribution in [3.63, 3.8) is 0 Å². The Bertz CT molecular complexity index is 1820. The molecular formula is C30H30ClFN6O5. The number of esters is 2. The molecule has 11 nitrogen and oxygen atoms in total. The minimum atomic E-state index is -0.435. The van der Waals surface area contributed by atoms with Crippen molar-refractivity contribution in [2.75, 3.05) is 19.8 Å². The Morgan fingerprint density at radius 3 is 2.09 bits per heavy atom. The van der Waals surface area contributed by atoms with Gasteiger partial charge in [0.15, 0.2) is 5.15 Å². The van der Waals surface area contributed by atoms with Crippen LogP contribution in [0.15, 0.2) is 30.9 Å². The standard InChI is InChI=1S/C20H20FN3O3.C10H10ClN3O2/c1-3-26-20(25)16-11(2)24-19-17(22-10-23-18(16)19)14-7-6-13(21)8-15(14)27-9-12-4-5-12;1-3-16-10(15)6-5(2)14-8-7(6)12-4-13-9(8)11/h6-8,10,12,24H,3-5,9H2,1-2H3;4,14H,3H2,1-2H3. The first-order valence-electron chi connectivity index (χ1n) is 13.8. The van der Waals surface area contributed by atoms with Crippen LogP contribution in [-0.4, -0.2) is 61.7 Å². The van der Waals surface area contributed by atoms with E-state index in [2.05, 4.69) is 29.9 Å². The van der Waals surface area contributed by atoms with Crippen molar-refractivity contribution in [3.05, 3.63) is 64.3 Å². The van der Waals surface area contributed by atoms with Crippen LogP contribution in [-0.2, 0) is 9.47 Å². The second kappa shape index (κ2) is 12.7. The number of nitrogens with one attached hydrogen (secondary N) is 2. The number of hydrogen-bond acceptors (Lipinski definition) is 9. The summed E-state index contributed by atoms with van der Waals surface area (Å²) in [6.07, 6.45) is 4.99. The van der Waals surface area contributed by atoms with Crippen molar-refractivity contribution in [2.45, 2.75) is 40.5 Å². The Morgan fingerprint density at radius 2 is 1.49 bits per heavy atom. The number of carbonyl (C=O) groups is 2. The zero-order chi connectivity index (χ0) is 30.7. The molecule has 1 aliphatic rings. The summed E-state index contributed by atoms with van der Waals surface area (Å²) in [5.41, 5.74) is 5.48. The number of fused-ring (bicyclic) bond motifs is 2. The molecule has 0 radical (unpaired) electrons. The monoisotopic (exact) mass is 608 g/mol. The van der Waals surface area contributed by atoms with Crippen molar-refractivity contribution >= 4 is 45.6 Å². The average molecular weight is 609 g/mol. The number of aryl methyl sites for hydroxylation is 2. The molecule has 43 heavy (non-hydrogen) atoms. The van der Waals surface area contributed by atoms with Gasteiger partial charge in [-0.15, -0.1) is 0 Å². The predicted octanol–water partition coefficient (Wildman–Crippen LogP) is 6.13. The van der Waals surface area contributed by atoms with Crippen LogP contribution >= 0.6 is 11.6 Å². The number of benzene rings is 1. The van der Waals surface area contributed by atoms with E-state index >= 15 is 0 Å². The molecule has 5 aromatic rings. The lowest BCUT2D eigenvalue weighted by atomic mass is 10.1. The minimum absolute atomic E-state index is 0.278. The lowest BCUT2D eigenvalue weighted by Crippen LogP contribution is -2.06. The van der Waals surface area contributed by atoms with Crippen LogP contribution in [0.25, 0.3) is 33.3 Å². The van der Waals surface area contributed by atoms with Crippen LogP contribution in [0.1, 0.15) is 58.8 Å². The fourth-order valence-corrected chi connectivity index (χ4v) is 4.81. The van der Waals surface area contributed by atoms with Gasteiger partial charge in [-0.25, -0.2) is 33.9 Å². The van der Waals surface area contributed by atoms with E-state index in [0.29, 0.717) is 85.9 Å². The van der Waals surface area contributed by atoms with Gasteiger partial charge in [-0.2, -0.15) is 0 Å². The van der Waals surface area contributed by atoms with Crippen molar-refractivity contribution in [3.8, 4) is 17.0 Å². The molecule has 0 spiro atoms. The van der Waals surface area contributed by atoms with Crippen LogP contribution in [0.5, 0.6) is 5.75 Å². The van der Waals surface area contributed by atoms with E-state index in [-0.39, 0.29) is 12.4 Å². The van der Waals surface area contributed by atoms with Gasteiger partial charge in [0, 0.05) is 23.0 Å². The second-order valence-corrected chi connectivity index (χ2v) is 10.3. The largest absolute Gasteiger partial charge is 0.492 e. The molecule has 0 aliphatic heterocycles. The Morgan fingerprint density at radius 1 is 0.907 bits per heavy atom. The van der Waals surface area contributed by atoms with Gasteiger partial charge in [0.25, 0.3) is 0 Å². The fraction of sp³-hybridized carbons (Fsp3) is 0.333. The maximum absolute atomic E-state index is 13.8. The first kappa shape index (κ1) is 29.9. The number of carbonyl (C=O) groups excluding carboxylic acids is 2. The van der Waals surface area contributed by atoms with E-state index in [1.54, 1.807) is 33.8 Å². The lowest BCUT2D eigenvalue weighted by Gasteiger charge is -2.11. The van der Waals surface area contributed by atoms with Crippen molar-refractivity contribution in [1.82, 2.24) is 29.9 Å². The number of rotatable bonds is 8. The molecule has 0 atom stereocenters. The van der Waals surface area contributed by atoms with E-state index < -0.39 is 11.9 Å². The molecule has 1 aliphatic carbocycles. The SMILES string of the molecule is CCOC(=O)c1c(C)[nH]c2c(-c3ccc(F)cc3OCC3CC3)ncnc12.CCOC(=O)c1c(C)[nH]c2c(Cl)ncnc12. The van der Waals surface area contributed by atoms with Gasteiger partial charge >= 0.3 is 11.9 Å². The summed E-state index contributed by atoms with van der Waals surface area (Å²) in [6, 6.07) is 4.38. The number of ether oxygens (including phenoxy) is 3. The first-order valence-corrected chi connectivity index (χ1v) is 14.2. The molecule has 0 saturated heterocycles. The molecule has 1 saturated carbocycles. The third-order valence-corrected chi connectivity index (χ3v) is 7.11. The average Bonchev–Trinajstić information content (AvgIpc) is 3.65. The molecule has 2 N–H and O–H groups in total. The number of H-pyrrole nitrogens is 2. The smallest absolute Gasteiger partial charge is 0.342 e. The zero-order valence-electron chi connectivity index (χ0n) is 24.1. The number of aromatic nitrogens is 6. The summed E-state index contributed by atoms with van der Waals surface area (Å²) < 4.78 is 29.7. The van der Waals surface area contributed by atoms with Gasteiger partial charge in [0.05, 0.1) is 25.3 Å². The minimum Gasteiger partial charge on any atom is -0.492 e. The molecule has 6 rings (SSSR count). The third kappa shape index (κ3) is 6.29. The Kier molecular flexibility index (Phi) is 8.86.